The van der Waals surface area contributed by atoms with E-state index >= 15 is 0 Å². The highest BCUT2D eigenvalue weighted by Crippen LogP contribution is 2.40. The van der Waals surface area contributed by atoms with E-state index in [4.69, 9.17) is 0 Å². The molecule has 0 aromatic rings. The molecule has 0 aromatic carbocycles. The molecule has 3 fully saturated rings. The minimum absolute atomic E-state index is 0.0191. The summed E-state index contributed by atoms with van der Waals surface area (Å²) >= 11 is 0. The quantitative estimate of drug-likeness (QED) is 0.788. The van der Waals surface area contributed by atoms with Crippen LogP contribution in [0.2, 0.25) is 0 Å². The standard InChI is InChI=1S/C15H24N2O2/c1-15(2,10-7-8-10)16-12-9-13(18)17(14(12)19)11-5-3-4-6-11/h10-12,16H,3-9H2,1-2H3. The minimum atomic E-state index is -0.288. The van der Waals surface area contributed by atoms with Crippen LogP contribution >= 0.6 is 0 Å². The Morgan fingerprint density at radius 3 is 2.32 bits per heavy atom. The molecule has 1 aliphatic heterocycles. The van der Waals surface area contributed by atoms with Crippen LogP contribution < -0.4 is 5.32 Å². The zero-order chi connectivity index (χ0) is 13.6. The van der Waals surface area contributed by atoms with Gasteiger partial charge in [0.05, 0.1) is 12.5 Å². The molecule has 1 N–H and O–H groups in total. The predicted octanol–water partition coefficient (Wildman–Crippen LogP) is 1.83. The van der Waals surface area contributed by atoms with Gasteiger partial charge in [-0.05, 0) is 45.4 Å². The van der Waals surface area contributed by atoms with Crippen LogP contribution in [0, 0.1) is 5.92 Å². The Morgan fingerprint density at radius 1 is 1.11 bits per heavy atom. The number of hydrogen-bond acceptors (Lipinski definition) is 3. The maximum atomic E-state index is 12.5. The maximum Gasteiger partial charge on any atom is 0.247 e. The summed E-state index contributed by atoms with van der Waals surface area (Å²) < 4.78 is 0. The van der Waals surface area contributed by atoms with Gasteiger partial charge in [0, 0.05) is 11.6 Å². The zero-order valence-corrected chi connectivity index (χ0v) is 11.9. The lowest BCUT2D eigenvalue weighted by atomic mass is 9.97. The van der Waals surface area contributed by atoms with Gasteiger partial charge in [0.2, 0.25) is 11.8 Å². The van der Waals surface area contributed by atoms with E-state index in [1.165, 1.54) is 12.8 Å². The van der Waals surface area contributed by atoms with E-state index in [0.29, 0.717) is 12.3 Å². The Bertz CT molecular complexity index is 395. The number of likely N-dealkylation sites (tertiary alicyclic amines) is 1. The van der Waals surface area contributed by atoms with Crippen molar-refractivity contribution in [2.24, 2.45) is 5.92 Å². The summed E-state index contributed by atoms with van der Waals surface area (Å²) in [5.41, 5.74) is -0.0215. The Hall–Kier alpha value is -0.900. The second kappa shape index (κ2) is 4.58. The van der Waals surface area contributed by atoms with Crippen LogP contribution in [0.3, 0.4) is 0 Å². The van der Waals surface area contributed by atoms with Crippen molar-refractivity contribution in [3.8, 4) is 0 Å². The average molecular weight is 264 g/mol. The molecule has 106 valence electrons. The van der Waals surface area contributed by atoms with Crippen molar-refractivity contribution in [3.05, 3.63) is 0 Å². The second-order valence-electron chi connectivity index (χ2n) is 6.94. The molecule has 2 amide bonds. The number of nitrogens with zero attached hydrogens (tertiary/aromatic N) is 1. The molecular weight excluding hydrogens is 240 g/mol. The minimum Gasteiger partial charge on any atom is -0.300 e. The lowest BCUT2D eigenvalue weighted by Gasteiger charge is -2.30. The van der Waals surface area contributed by atoms with Crippen LogP contribution in [0.15, 0.2) is 0 Å². The first-order valence-electron chi connectivity index (χ1n) is 7.62. The van der Waals surface area contributed by atoms with E-state index in [-0.39, 0.29) is 29.4 Å². The molecule has 3 aliphatic rings. The summed E-state index contributed by atoms with van der Waals surface area (Å²) in [6.45, 7) is 4.31. The fourth-order valence-corrected chi connectivity index (χ4v) is 3.68. The summed E-state index contributed by atoms with van der Waals surface area (Å²) in [5, 5.41) is 3.44. The van der Waals surface area contributed by atoms with Crippen molar-refractivity contribution in [1.29, 1.82) is 0 Å². The highest BCUT2D eigenvalue weighted by molar-refractivity contribution is 6.05. The largest absolute Gasteiger partial charge is 0.300 e. The number of nitrogens with one attached hydrogen (secondary N) is 1. The van der Waals surface area contributed by atoms with Gasteiger partial charge < -0.3 is 5.32 Å². The average Bonchev–Trinajstić information content (AvgIpc) is 3.02. The van der Waals surface area contributed by atoms with Crippen molar-refractivity contribution in [3.63, 3.8) is 0 Å². The molecule has 1 unspecified atom stereocenters. The molecular formula is C15H24N2O2. The van der Waals surface area contributed by atoms with Crippen LogP contribution in [0.25, 0.3) is 0 Å². The van der Waals surface area contributed by atoms with Crippen molar-refractivity contribution in [2.45, 2.75) is 76.4 Å². The van der Waals surface area contributed by atoms with E-state index in [1.807, 2.05) is 0 Å². The van der Waals surface area contributed by atoms with Crippen LogP contribution in [0.1, 0.15) is 58.8 Å². The summed E-state index contributed by atoms with van der Waals surface area (Å²) in [6.07, 6.45) is 7.11. The van der Waals surface area contributed by atoms with Gasteiger partial charge in [-0.15, -0.1) is 0 Å². The summed E-state index contributed by atoms with van der Waals surface area (Å²) in [4.78, 5) is 26.1. The van der Waals surface area contributed by atoms with Crippen LogP contribution in [-0.2, 0) is 9.59 Å². The fourth-order valence-electron chi connectivity index (χ4n) is 3.68. The SMILES string of the molecule is CC(C)(NC1CC(=O)N(C2CCCC2)C1=O)C1CC1. The monoisotopic (exact) mass is 264 g/mol. The van der Waals surface area contributed by atoms with E-state index in [2.05, 4.69) is 19.2 Å². The molecule has 1 heterocycles. The van der Waals surface area contributed by atoms with E-state index in [9.17, 15) is 9.59 Å². The normalized spacial score (nSPS) is 29.6. The van der Waals surface area contributed by atoms with E-state index in [1.54, 1.807) is 4.90 Å². The molecule has 0 aromatic heterocycles. The van der Waals surface area contributed by atoms with Gasteiger partial charge >= 0.3 is 0 Å². The second-order valence-corrected chi connectivity index (χ2v) is 6.94. The number of rotatable bonds is 4. The highest BCUT2D eigenvalue weighted by Gasteiger charge is 2.47. The fraction of sp³-hybridized carbons (Fsp3) is 0.867. The van der Waals surface area contributed by atoms with E-state index < -0.39 is 0 Å². The summed E-state index contributed by atoms with van der Waals surface area (Å²) in [5.74, 6) is 0.711. The molecule has 0 radical (unpaired) electrons. The van der Waals surface area contributed by atoms with Crippen molar-refractivity contribution >= 4 is 11.8 Å². The molecule has 0 spiro atoms. The molecule has 1 saturated heterocycles. The van der Waals surface area contributed by atoms with Gasteiger partial charge in [-0.25, -0.2) is 0 Å². The van der Waals surface area contributed by atoms with Gasteiger partial charge in [0.25, 0.3) is 0 Å². The molecule has 1 atom stereocenters. The third kappa shape index (κ3) is 2.42. The maximum absolute atomic E-state index is 12.5. The van der Waals surface area contributed by atoms with Gasteiger partial charge in [0.15, 0.2) is 0 Å². The molecule has 4 nitrogen and oxygen atoms in total. The summed E-state index contributed by atoms with van der Waals surface area (Å²) in [6, 6.07) is -0.112. The molecule has 3 rings (SSSR count). The topological polar surface area (TPSA) is 49.4 Å². The number of carbonyl (C=O) groups excluding carboxylic acids is 2. The van der Waals surface area contributed by atoms with Gasteiger partial charge in [0.1, 0.15) is 0 Å². The Labute approximate surface area is 114 Å². The Kier molecular flexibility index (Phi) is 3.16. The van der Waals surface area contributed by atoms with Crippen LogP contribution in [0.4, 0.5) is 0 Å². The molecule has 2 saturated carbocycles. The highest BCUT2D eigenvalue weighted by atomic mass is 16.2. The summed E-state index contributed by atoms with van der Waals surface area (Å²) in [7, 11) is 0. The smallest absolute Gasteiger partial charge is 0.247 e. The van der Waals surface area contributed by atoms with Gasteiger partial charge in [-0.3, -0.25) is 14.5 Å². The molecule has 2 aliphatic carbocycles. The first kappa shape index (κ1) is 13.1. The number of carbonyl (C=O) groups is 2. The number of hydrogen-bond donors (Lipinski definition) is 1. The van der Waals surface area contributed by atoms with Crippen molar-refractivity contribution in [2.75, 3.05) is 0 Å². The predicted molar refractivity (Wildman–Crippen MR) is 72.5 cm³/mol. The Balaban J connectivity index is 1.67. The lowest BCUT2D eigenvalue weighted by molar-refractivity contribution is -0.141. The number of amides is 2. The third-order valence-corrected chi connectivity index (χ3v) is 5.02. The zero-order valence-electron chi connectivity index (χ0n) is 11.9. The van der Waals surface area contributed by atoms with Crippen molar-refractivity contribution in [1.82, 2.24) is 10.2 Å². The molecule has 19 heavy (non-hydrogen) atoms. The van der Waals surface area contributed by atoms with Crippen LogP contribution in [-0.4, -0.2) is 34.3 Å². The lowest BCUT2D eigenvalue weighted by Crippen LogP contribution is -2.51. The van der Waals surface area contributed by atoms with Gasteiger partial charge in [-0.2, -0.15) is 0 Å². The molecule has 4 heteroatoms. The molecule has 0 bridgehead atoms. The number of imide groups is 1. The first-order chi connectivity index (χ1) is 8.99. The van der Waals surface area contributed by atoms with E-state index in [0.717, 1.165) is 25.7 Å². The Morgan fingerprint density at radius 2 is 1.74 bits per heavy atom. The first-order valence-corrected chi connectivity index (χ1v) is 7.62. The van der Waals surface area contributed by atoms with Gasteiger partial charge in [-0.1, -0.05) is 12.8 Å². The third-order valence-electron chi connectivity index (χ3n) is 5.02. The van der Waals surface area contributed by atoms with Crippen LogP contribution in [0.5, 0.6) is 0 Å². The van der Waals surface area contributed by atoms with Crippen molar-refractivity contribution < 1.29 is 9.59 Å².